The lowest BCUT2D eigenvalue weighted by Gasteiger charge is -2.07. The fraction of sp³-hybridized carbons (Fsp3) is 0.267. The third-order valence-electron chi connectivity index (χ3n) is 3.70. The Hall–Kier alpha value is -2.63. The van der Waals surface area contributed by atoms with Crippen molar-refractivity contribution in [2.75, 3.05) is 0 Å². The number of carbonyl (C=O) groups is 1. The van der Waals surface area contributed by atoms with E-state index in [-0.39, 0.29) is 6.54 Å². The van der Waals surface area contributed by atoms with Crippen molar-refractivity contribution in [2.24, 2.45) is 7.05 Å². The number of fused-ring (bicyclic) bond motifs is 1. The number of carboxylic acids is 1. The topological polar surface area (TPSA) is 72.9 Å². The Morgan fingerprint density at radius 2 is 2.00 bits per heavy atom. The number of aliphatic carboxylic acids is 1. The Balaban J connectivity index is 2.33. The van der Waals surface area contributed by atoms with Crippen LogP contribution in [-0.2, 0) is 18.4 Å². The molecular weight excluding hydrogens is 268 g/mol. The number of hydrogen-bond acceptors (Lipinski definition) is 3. The van der Waals surface area contributed by atoms with Crippen LogP contribution in [0.3, 0.4) is 0 Å². The molecule has 2 aromatic heterocycles. The standard InChI is InChI=1S/C15H16N4O2/c1-9-4-11-12(5-10(9)2)19(7-14(20)21)15(17-11)13-6-16-8-18(13)3/h4-6,8H,7H2,1-3H3,(H,20,21). The number of rotatable bonds is 3. The van der Waals surface area contributed by atoms with E-state index in [1.54, 1.807) is 17.1 Å². The molecule has 0 aliphatic heterocycles. The van der Waals surface area contributed by atoms with Crippen LogP contribution in [0.25, 0.3) is 22.6 Å². The maximum atomic E-state index is 11.2. The van der Waals surface area contributed by atoms with E-state index in [1.165, 1.54) is 0 Å². The summed E-state index contributed by atoms with van der Waals surface area (Å²) in [5.41, 5.74) is 4.68. The molecule has 0 amide bonds. The van der Waals surface area contributed by atoms with E-state index in [1.807, 2.05) is 37.6 Å². The highest BCUT2D eigenvalue weighted by Crippen LogP contribution is 2.26. The average Bonchev–Trinajstić information content (AvgIpc) is 2.95. The van der Waals surface area contributed by atoms with Crippen molar-refractivity contribution in [1.29, 1.82) is 0 Å². The van der Waals surface area contributed by atoms with Crippen LogP contribution < -0.4 is 0 Å². The molecule has 108 valence electrons. The van der Waals surface area contributed by atoms with Crippen LogP contribution >= 0.6 is 0 Å². The second kappa shape index (κ2) is 4.73. The molecular formula is C15H16N4O2. The van der Waals surface area contributed by atoms with Gasteiger partial charge in [-0.15, -0.1) is 0 Å². The minimum atomic E-state index is -0.893. The lowest BCUT2D eigenvalue weighted by Crippen LogP contribution is -2.11. The van der Waals surface area contributed by atoms with E-state index in [0.29, 0.717) is 5.82 Å². The van der Waals surface area contributed by atoms with Crippen LogP contribution in [0.5, 0.6) is 0 Å². The number of aromatic nitrogens is 4. The Bertz CT molecular complexity index is 845. The lowest BCUT2D eigenvalue weighted by molar-refractivity contribution is -0.137. The van der Waals surface area contributed by atoms with Gasteiger partial charge in [0, 0.05) is 7.05 Å². The minimum absolute atomic E-state index is 0.125. The number of benzene rings is 1. The van der Waals surface area contributed by atoms with Gasteiger partial charge in [0.15, 0.2) is 5.82 Å². The predicted molar refractivity (Wildman–Crippen MR) is 79.0 cm³/mol. The zero-order valence-electron chi connectivity index (χ0n) is 12.2. The summed E-state index contributed by atoms with van der Waals surface area (Å²) in [4.78, 5) is 19.9. The lowest BCUT2D eigenvalue weighted by atomic mass is 10.1. The van der Waals surface area contributed by atoms with Crippen molar-refractivity contribution in [3.05, 3.63) is 35.8 Å². The molecule has 3 rings (SSSR count). The van der Waals surface area contributed by atoms with Crippen LogP contribution in [0.15, 0.2) is 24.7 Å². The third kappa shape index (κ3) is 2.18. The van der Waals surface area contributed by atoms with Gasteiger partial charge in [-0.3, -0.25) is 4.79 Å². The molecule has 21 heavy (non-hydrogen) atoms. The Morgan fingerprint density at radius 1 is 1.29 bits per heavy atom. The first-order chi connectivity index (χ1) is 9.97. The summed E-state index contributed by atoms with van der Waals surface area (Å²) in [6, 6.07) is 3.98. The Morgan fingerprint density at radius 3 is 2.62 bits per heavy atom. The molecule has 6 nitrogen and oxygen atoms in total. The van der Waals surface area contributed by atoms with E-state index >= 15 is 0 Å². The van der Waals surface area contributed by atoms with Crippen molar-refractivity contribution in [3.8, 4) is 11.5 Å². The molecule has 3 aromatic rings. The summed E-state index contributed by atoms with van der Waals surface area (Å²) in [6.07, 6.45) is 3.37. The first kappa shape index (κ1) is 13.4. The SMILES string of the molecule is Cc1cc2nc(-c3cncn3C)n(CC(=O)O)c2cc1C. The molecule has 1 N–H and O–H groups in total. The molecule has 1 aromatic carbocycles. The molecule has 0 fully saturated rings. The van der Waals surface area contributed by atoms with E-state index < -0.39 is 5.97 Å². The third-order valence-corrected chi connectivity index (χ3v) is 3.70. The molecule has 0 radical (unpaired) electrons. The number of aryl methyl sites for hydroxylation is 3. The van der Waals surface area contributed by atoms with Gasteiger partial charge in [0.25, 0.3) is 0 Å². The molecule has 0 unspecified atom stereocenters. The maximum absolute atomic E-state index is 11.2. The zero-order chi connectivity index (χ0) is 15.1. The molecule has 0 aliphatic carbocycles. The normalized spacial score (nSPS) is 11.2. The van der Waals surface area contributed by atoms with Gasteiger partial charge in [-0.1, -0.05) is 0 Å². The van der Waals surface area contributed by atoms with Gasteiger partial charge in [0.2, 0.25) is 0 Å². The summed E-state index contributed by atoms with van der Waals surface area (Å²) in [7, 11) is 1.86. The Labute approximate surface area is 121 Å². The summed E-state index contributed by atoms with van der Waals surface area (Å²) in [5, 5.41) is 9.19. The number of carboxylic acid groups (broad SMARTS) is 1. The fourth-order valence-corrected chi connectivity index (χ4v) is 2.44. The highest BCUT2D eigenvalue weighted by molar-refractivity contribution is 5.83. The molecule has 0 bridgehead atoms. The summed E-state index contributed by atoms with van der Waals surface area (Å²) in [6.45, 7) is 3.91. The monoisotopic (exact) mass is 284 g/mol. The van der Waals surface area contributed by atoms with Crippen molar-refractivity contribution in [3.63, 3.8) is 0 Å². The molecule has 6 heteroatoms. The molecule has 0 spiro atoms. The van der Waals surface area contributed by atoms with E-state index in [4.69, 9.17) is 0 Å². The molecule has 0 atom stereocenters. The first-order valence-corrected chi connectivity index (χ1v) is 6.63. The maximum Gasteiger partial charge on any atom is 0.323 e. The van der Waals surface area contributed by atoms with Gasteiger partial charge >= 0.3 is 5.97 Å². The molecule has 0 aliphatic rings. The van der Waals surface area contributed by atoms with Crippen molar-refractivity contribution in [2.45, 2.75) is 20.4 Å². The van der Waals surface area contributed by atoms with Gasteiger partial charge in [0.05, 0.1) is 23.6 Å². The van der Waals surface area contributed by atoms with Gasteiger partial charge in [-0.2, -0.15) is 0 Å². The van der Waals surface area contributed by atoms with Crippen LogP contribution in [-0.4, -0.2) is 30.2 Å². The van der Waals surface area contributed by atoms with E-state index in [0.717, 1.165) is 27.9 Å². The van der Waals surface area contributed by atoms with Crippen molar-refractivity contribution in [1.82, 2.24) is 19.1 Å². The molecule has 0 saturated carbocycles. The van der Waals surface area contributed by atoms with Crippen LogP contribution in [0, 0.1) is 13.8 Å². The Kier molecular flexibility index (Phi) is 3.01. The smallest absolute Gasteiger partial charge is 0.323 e. The average molecular weight is 284 g/mol. The largest absolute Gasteiger partial charge is 0.480 e. The summed E-state index contributed by atoms with van der Waals surface area (Å²) >= 11 is 0. The van der Waals surface area contributed by atoms with Crippen molar-refractivity contribution < 1.29 is 9.90 Å². The van der Waals surface area contributed by atoms with Crippen molar-refractivity contribution >= 4 is 17.0 Å². The number of imidazole rings is 2. The summed E-state index contributed by atoms with van der Waals surface area (Å²) < 4.78 is 3.56. The van der Waals surface area contributed by atoms with E-state index in [9.17, 15) is 9.90 Å². The van der Waals surface area contributed by atoms with Gasteiger partial charge in [0.1, 0.15) is 12.2 Å². The van der Waals surface area contributed by atoms with Crippen LogP contribution in [0.2, 0.25) is 0 Å². The van der Waals surface area contributed by atoms with Gasteiger partial charge < -0.3 is 14.2 Å². The fourth-order valence-electron chi connectivity index (χ4n) is 2.44. The van der Waals surface area contributed by atoms with Gasteiger partial charge in [-0.05, 0) is 37.1 Å². The molecule has 2 heterocycles. The second-order valence-corrected chi connectivity index (χ2v) is 5.23. The first-order valence-electron chi connectivity index (χ1n) is 6.63. The number of nitrogens with zero attached hydrogens (tertiary/aromatic N) is 4. The quantitative estimate of drug-likeness (QED) is 0.799. The summed E-state index contributed by atoms with van der Waals surface area (Å²) in [5.74, 6) is -0.270. The second-order valence-electron chi connectivity index (χ2n) is 5.23. The number of hydrogen-bond donors (Lipinski definition) is 1. The predicted octanol–water partition coefficient (Wildman–Crippen LogP) is 2.14. The molecule has 0 saturated heterocycles. The highest BCUT2D eigenvalue weighted by Gasteiger charge is 2.17. The zero-order valence-corrected chi connectivity index (χ0v) is 12.2. The van der Waals surface area contributed by atoms with Crippen LogP contribution in [0.4, 0.5) is 0 Å². The van der Waals surface area contributed by atoms with E-state index in [2.05, 4.69) is 9.97 Å². The minimum Gasteiger partial charge on any atom is -0.480 e. The van der Waals surface area contributed by atoms with Crippen LogP contribution in [0.1, 0.15) is 11.1 Å². The highest BCUT2D eigenvalue weighted by atomic mass is 16.4. The van der Waals surface area contributed by atoms with Gasteiger partial charge in [-0.25, -0.2) is 9.97 Å².